The van der Waals surface area contributed by atoms with Gasteiger partial charge in [0.05, 0.1) is 0 Å². The second-order valence-corrected chi connectivity index (χ2v) is 7.09. The highest BCUT2D eigenvalue weighted by Gasteiger charge is 2.14. The van der Waals surface area contributed by atoms with Crippen molar-refractivity contribution in [2.24, 2.45) is 0 Å². The average molecular weight is 324 g/mol. The molecule has 1 aromatic rings. The molecular formula is C23H33N. The number of benzene rings is 1. The lowest BCUT2D eigenvalue weighted by atomic mass is 9.87. The second kappa shape index (κ2) is 9.32. The molecule has 0 saturated carbocycles. The molecule has 0 saturated heterocycles. The molecule has 1 aromatic carbocycles. The number of nitrogens with zero attached hydrogens (tertiary/aromatic N) is 1. The van der Waals surface area contributed by atoms with Gasteiger partial charge in [0.25, 0.3) is 0 Å². The molecule has 0 radical (unpaired) electrons. The summed E-state index contributed by atoms with van der Waals surface area (Å²) in [5.41, 5.74) is 5.35. The van der Waals surface area contributed by atoms with Crippen LogP contribution in [-0.2, 0) is 5.41 Å². The van der Waals surface area contributed by atoms with Crippen molar-refractivity contribution in [1.29, 1.82) is 0 Å². The summed E-state index contributed by atoms with van der Waals surface area (Å²) in [6.45, 7) is 17.8. The van der Waals surface area contributed by atoms with Crippen molar-refractivity contribution >= 4 is 5.69 Å². The highest BCUT2D eigenvalue weighted by Crippen LogP contribution is 2.27. The minimum atomic E-state index is 0.185. The van der Waals surface area contributed by atoms with Gasteiger partial charge in [0.15, 0.2) is 0 Å². The molecule has 24 heavy (non-hydrogen) atoms. The Hall–Kier alpha value is -2.02. The van der Waals surface area contributed by atoms with Gasteiger partial charge < -0.3 is 4.90 Å². The molecule has 1 heteroatoms. The summed E-state index contributed by atoms with van der Waals surface area (Å²) in [6.07, 6.45) is 11.4. The van der Waals surface area contributed by atoms with Gasteiger partial charge in [-0.2, -0.15) is 0 Å². The van der Waals surface area contributed by atoms with Gasteiger partial charge in [-0.3, -0.25) is 0 Å². The third kappa shape index (κ3) is 5.88. The van der Waals surface area contributed by atoms with Gasteiger partial charge in [0.1, 0.15) is 0 Å². The number of allylic oxidation sites excluding steroid dienone is 6. The summed E-state index contributed by atoms with van der Waals surface area (Å²) in [7, 11) is 0. The third-order valence-corrected chi connectivity index (χ3v) is 4.14. The fraction of sp³-hybridized carbons (Fsp3) is 0.391. The number of rotatable bonds is 7. The highest BCUT2D eigenvalue weighted by atomic mass is 15.1. The maximum Gasteiger partial charge on any atom is 0.0411 e. The van der Waals surface area contributed by atoms with Gasteiger partial charge in [-0.25, -0.2) is 0 Å². The Labute approximate surface area is 149 Å². The molecule has 0 heterocycles. The van der Waals surface area contributed by atoms with E-state index in [2.05, 4.69) is 95.5 Å². The molecule has 0 amide bonds. The van der Waals surface area contributed by atoms with Gasteiger partial charge >= 0.3 is 0 Å². The lowest BCUT2D eigenvalue weighted by Gasteiger charge is -2.27. The van der Waals surface area contributed by atoms with E-state index in [0.717, 1.165) is 13.0 Å². The van der Waals surface area contributed by atoms with Crippen molar-refractivity contribution in [3.63, 3.8) is 0 Å². The van der Waals surface area contributed by atoms with Crippen LogP contribution in [-0.4, -0.2) is 6.54 Å². The summed E-state index contributed by atoms with van der Waals surface area (Å²) in [5, 5.41) is 0. The molecule has 0 aliphatic rings. The fourth-order valence-electron chi connectivity index (χ4n) is 2.67. The van der Waals surface area contributed by atoms with E-state index < -0.39 is 0 Å². The van der Waals surface area contributed by atoms with Crippen molar-refractivity contribution in [3.05, 3.63) is 78.1 Å². The van der Waals surface area contributed by atoms with Crippen molar-refractivity contribution < 1.29 is 0 Å². The van der Waals surface area contributed by atoms with Crippen LogP contribution in [0.25, 0.3) is 0 Å². The van der Waals surface area contributed by atoms with E-state index in [1.54, 1.807) is 0 Å². The average Bonchev–Trinajstić information content (AvgIpc) is 2.54. The molecule has 0 atom stereocenters. The fourth-order valence-corrected chi connectivity index (χ4v) is 2.67. The Morgan fingerprint density at radius 2 is 1.79 bits per heavy atom. The van der Waals surface area contributed by atoms with Crippen molar-refractivity contribution in [1.82, 2.24) is 0 Å². The van der Waals surface area contributed by atoms with Gasteiger partial charge in [0.2, 0.25) is 0 Å². The zero-order valence-electron chi connectivity index (χ0n) is 16.3. The molecule has 0 aromatic heterocycles. The second-order valence-electron chi connectivity index (χ2n) is 7.09. The molecule has 0 N–H and O–H groups in total. The first kappa shape index (κ1) is 20.0. The van der Waals surface area contributed by atoms with Crippen molar-refractivity contribution in [2.75, 3.05) is 11.4 Å². The van der Waals surface area contributed by atoms with Crippen LogP contribution in [0.15, 0.2) is 72.5 Å². The van der Waals surface area contributed by atoms with Crippen LogP contribution in [0.3, 0.4) is 0 Å². The van der Waals surface area contributed by atoms with E-state index in [9.17, 15) is 0 Å². The standard InChI is InChI=1S/C23H33N/c1-8-12-19(4)13-11-18-24(21(9-2)10-3)22-16-14-20(15-17-22)23(5,6)7/h8-9,11-17H,1,10,18H2,2-7H3/b13-11-,19-12-,21-9+. The van der Waals surface area contributed by atoms with Gasteiger partial charge in [-0.05, 0) is 43.4 Å². The summed E-state index contributed by atoms with van der Waals surface area (Å²) in [4.78, 5) is 2.38. The maximum absolute atomic E-state index is 3.74. The van der Waals surface area contributed by atoms with E-state index in [-0.39, 0.29) is 5.41 Å². The topological polar surface area (TPSA) is 3.24 Å². The summed E-state index contributed by atoms with van der Waals surface area (Å²) < 4.78 is 0. The molecule has 0 bridgehead atoms. The quantitative estimate of drug-likeness (QED) is 0.499. The Morgan fingerprint density at radius 3 is 2.25 bits per heavy atom. The summed E-state index contributed by atoms with van der Waals surface area (Å²) >= 11 is 0. The molecule has 130 valence electrons. The zero-order valence-corrected chi connectivity index (χ0v) is 16.3. The molecule has 0 aliphatic carbocycles. The largest absolute Gasteiger partial charge is 0.342 e. The van der Waals surface area contributed by atoms with Crippen LogP contribution in [0, 0.1) is 0 Å². The van der Waals surface area contributed by atoms with Crippen LogP contribution in [0.4, 0.5) is 5.69 Å². The molecule has 0 unspecified atom stereocenters. The van der Waals surface area contributed by atoms with Crippen LogP contribution in [0.1, 0.15) is 53.5 Å². The van der Waals surface area contributed by atoms with Gasteiger partial charge in [-0.15, -0.1) is 0 Å². The minimum absolute atomic E-state index is 0.185. The molecule has 0 fully saturated rings. The van der Waals surface area contributed by atoms with E-state index in [1.165, 1.54) is 22.5 Å². The Morgan fingerprint density at radius 1 is 1.17 bits per heavy atom. The predicted octanol–water partition coefficient (Wildman–Crippen LogP) is 6.79. The molecule has 0 aliphatic heterocycles. The van der Waals surface area contributed by atoms with E-state index >= 15 is 0 Å². The van der Waals surface area contributed by atoms with E-state index in [0.29, 0.717) is 0 Å². The molecular weight excluding hydrogens is 290 g/mol. The Balaban J connectivity index is 3.06. The molecule has 1 rings (SSSR count). The summed E-state index contributed by atoms with van der Waals surface area (Å²) in [6, 6.07) is 8.97. The highest BCUT2D eigenvalue weighted by molar-refractivity contribution is 5.54. The third-order valence-electron chi connectivity index (χ3n) is 4.14. The summed E-state index contributed by atoms with van der Waals surface area (Å²) in [5.74, 6) is 0. The zero-order chi connectivity index (χ0) is 18.2. The van der Waals surface area contributed by atoms with Crippen molar-refractivity contribution in [2.45, 2.75) is 53.4 Å². The first-order chi connectivity index (χ1) is 11.3. The van der Waals surface area contributed by atoms with Crippen LogP contribution in [0.2, 0.25) is 0 Å². The number of anilines is 1. The molecule has 0 spiro atoms. The van der Waals surface area contributed by atoms with Crippen LogP contribution in [0.5, 0.6) is 0 Å². The van der Waals surface area contributed by atoms with Gasteiger partial charge in [0, 0.05) is 17.9 Å². The number of hydrogen-bond acceptors (Lipinski definition) is 1. The Bertz CT molecular complexity index is 606. The first-order valence-corrected chi connectivity index (χ1v) is 8.82. The molecule has 1 nitrogen and oxygen atoms in total. The maximum atomic E-state index is 3.74. The smallest absolute Gasteiger partial charge is 0.0411 e. The van der Waals surface area contributed by atoms with Crippen molar-refractivity contribution in [3.8, 4) is 0 Å². The lowest BCUT2D eigenvalue weighted by Crippen LogP contribution is -2.22. The minimum Gasteiger partial charge on any atom is -0.342 e. The predicted molar refractivity (Wildman–Crippen MR) is 110 cm³/mol. The van der Waals surface area contributed by atoms with Gasteiger partial charge in [-0.1, -0.05) is 82.4 Å². The van der Waals surface area contributed by atoms with Crippen LogP contribution < -0.4 is 4.90 Å². The first-order valence-electron chi connectivity index (χ1n) is 8.82. The van der Waals surface area contributed by atoms with Crippen LogP contribution >= 0.6 is 0 Å². The lowest BCUT2D eigenvalue weighted by molar-refractivity contribution is 0.590. The Kier molecular flexibility index (Phi) is 7.78. The SMILES string of the molecule is C=C/C=C(C)\C=C/CN(/C(=C/C)CC)c1ccc(C(C)(C)C)cc1. The monoisotopic (exact) mass is 323 g/mol. The van der Waals surface area contributed by atoms with E-state index in [1.807, 2.05) is 12.2 Å². The number of hydrogen-bond donors (Lipinski definition) is 0. The van der Waals surface area contributed by atoms with E-state index in [4.69, 9.17) is 0 Å². The normalized spacial score (nSPS) is 13.4.